The summed E-state index contributed by atoms with van der Waals surface area (Å²) in [4.78, 5) is 8.68. The number of hydrogen-bond acceptors (Lipinski definition) is 5. The van der Waals surface area contributed by atoms with Crippen LogP contribution in [0.4, 0.5) is 5.82 Å². The van der Waals surface area contributed by atoms with E-state index in [-0.39, 0.29) is 0 Å². The number of fused-ring (bicyclic) bond motifs is 1. The number of pyridine rings is 1. The molecule has 3 rings (SSSR count). The maximum absolute atomic E-state index is 5.57. The topological polar surface area (TPSA) is 81.1 Å². The highest BCUT2D eigenvalue weighted by atomic mass is 15.3. The zero-order valence-corrected chi connectivity index (χ0v) is 12.9. The van der Waals surface area contributed by atoms with Gasteiger partial charge >= 0.3 is 0 Å². The first kappa shape index (κ1) is 14.5. The van der Waals surface area contributed by atoms with Gasteiger partial charge in [-0.1, -0.05) is 0 Å². The number of hydrogen-bond donors (Lipinski definition) is 2. The van der Waals surface area contributed by atoms with Gasteiger partial charge in [-0.25, -0.2) is 4.98 Å². The van der Waals surface area contributed by atoms with Crippen molar-refractivity contribution in [3.63, 3.8) is 0 Å². The first-order valence-electron chi connectivity index (χ1n) is 7.42. The Labute approximate surface area is 129 Å². The van der Waals surface area contributed by atoms with Crippen LogP contribution < -0.4 is 11.1 Å². The summed E-state index contributed by atoms with van der Waals surface area (Å²) in [5.74, 6) is 0.983. The Morgan fingerprint density at radius 2 is 2.00 bits per heavy atom. The van der Waals surface area contributed by atoms with E-state index in [0.29, 0.717) is 6.54 Å². The smallest absolute Gasteiger partial charge is 0.158 e. The maximum atomic E-state index is 5.57. The monoisotopic (exact) mass is 296 g/mol. The summed E-state index contributed by atoms with van der Waals surface area (Å²) in [5, 5.41) is 8.13. The molecule has 3 heterocycles. The quantitative estimate of drug-likeness (QED) is 0.705. The first-order chi connectivity index (χ1) is 10.7. The Balaban J connectivity index is 2.08. The van der Waals surface area contributed by atoms with E-state index in [9.17, 15) is 0 Å². The Kier molecular flexibility index (Phi) is 4.02. The van der Waals surface area contributed by atoms with E-state index in [1.165, 1.54) is 0 Å². The standard InChI is InChI=1S/C16H20N6/c1-11-12(2)20-15-10-14(13-4-8-18-9-5-13)21-22(15)16(11)19-7-3-6-17/h4-5,8-10,19H,3,6-7,17H2,1-2H3. The van der Waals surface area contributed by atoms with Crippen LogP contribution in [0.2, 0.25) is 0 Å². The van der Waals surface area contributed by atoms with Crippen LogP contribution in [0.25, 0.3) is 16.9 Å². The molecular weight excluding hydrogens is 276 g/mol. The molecule has 0 aliphatic rings. The summed E-state index contributed by atoms with van der Waals surface area (Å²) in [6, 6.07) is 5.89. The van der Waals surface area contributed by atoms with Gasteiger partial charge in [0.25, 0.3) is 0 Å². The summed E-state index contributed by atoms with van der Waals surface area (Å²) in [5.41, 5.74) is 10.4. The van der Waals surface area contributed by atoms with Crippen molar-refractivity contribution in [1.29, 1.82) is 0 Å². The Morgan fingerprint density at radius 3 is 2.73 bits per heavy atom. The van der Waals surface area contributed by atoms with Crippen LogP contribution in [-0.4, -0.2) is 32.7 Å². The van der Waals surface area contributed by atoms with E-state index in [1.807, 2.05) is 29.6 Å². The van der Waals surface area contributed by atoms with Gasteiger partial charge in [0, 0.05) is 41.8 Å². The van der Waals surface area contributed by atoms with Crippen LogP contribution in [-0.2, 0) is 0 Å². The highest BCUT2D eigenvalue weighted by molar-refractivity contribution is 5.66. The minimum absolute atomic E-state index is 0.667. The molecule has 3 N–H and O–H groups in total. The fourth-order valence-electron chi connectivity index (χ4n) is 2.38. The number of nitrogens with two attached hydrogens (primary N) is 1. The van der Waals surface area contributed by atoms with Gasteiger partial charge in [0.15, 0.2) is 5.65 Å². The molecule has 0 fully saturated rings. The summed E-state index contributed by atoms with van der Waals surface area (Å²) in [6.07, 6.45) is 4.45. The lowest BCUT2D eigenvalue weighted by molar-refractivity contribution is 0.846. The summed E-state index contributed by atoms with van der Waals surface area (Å²) in [7, 11) is 0. The molecule has 22 heavy (non-hydrogen) atoms. The van der Waals surface area contributed by atoms with Crippen LogP contribution in [0.5, 0.6) is 0 Å². The number of aryl methyl sites for hydroxylation is 1. The van der Waals surface area contributed by atoms with E-state index in [2.05, 4.69) is 22.2 Å². The van der Waals surface area contributed by atoms with Crippen molar-refractivity contribution in [1.82, 2.24) is 19.6 Å². The lowest BCUT2D eigenvalue weighted by atomic mass is 10.2. The van der Waals surface area contributed by atoms with E-state index in [0.717, 1.165) is 46.9 Å². The molecule has 0 saturated carbocycles. The van der Waals surface area contributed by atoms with Gasteiger partial charge in [-0.05, 0) is 38.9 Å². The van der Waals surface area contributed by atoms with Crippen LogP contribution in [0.1, 0.15) is 17.7 Å². The molecule has 0 amide bonds. The third-order valence-corrected chi connectivity index (χ3v) is 3.73. The van der Waals surface area contributed by atoms with Gasteiger partial charge in [-0.2, -0.15) is 9.61 Å². The van der Waals surface area contributed by atoms with Crippen molar-refractivity contribution in [2.24, 2.45) is 5.73 Å². The van der Waals surface area contributed by atoms with E-state index >= 15 is 0 Å². The second-order valence-corrected chi connectivity index (χ2v) is 5.28. The van der Waals surface area contributed by atoms with Crippen LogP contribution in [0.3, 0.4) is 0 Å². The number of aromatic nitrogens is 4. The molecule has 6 nitrogen and oxygen atoms in total. The van der Waals surface area contributed by atoms with Crippen LogP contribution >= 0.6 is 0 Å². The summed E-state index contributed by atoms with van der Waals surface area (Å²) < 4.78 is 1.87. The van der Waals surface area contributed by atoms with Crippen molar-refractivity contribution in [2.45, 2.75) is 20.3 Å². The molecular formula is C16H20N6. The largest absolute Gasteiger partial charge is 0.370 e. The Bertz CT molecular complexity index is 778. The van der Waals surface area contributed by atoms with Crippen molar-refractivity contribution >= 4 is 11.5 Å². The predicted molar refractivity (Wildman–Crippen MR) is 87.9 cm³/mol. The molecule has 3 aromatic rings. The van der Waals surface area contributed by atoms with E-state index in [4.69, 9.17) is 10.8 Å². The molecule has 0 radical (unpaired) electrons. The Morgan fingerprint density at radius 1 is 1.23 bits per heavy atom. The minimum atomic E-state index is 0.667. The summed E-state index contributed by atoms with van der Waals surface area (Å²) in [6.45, 7) is 5.56. The predicted octanol–water partition coefficient (Wildman–Crippen LogP) is 2.17. The highest BCUT2D eigenvalue weighted by Crippen LogP contribution is 2.24. The molecule has 6 heteroatoms. The average Bonchev–Trinajstić information content (AvgIpc) is 2.95. The fourth-order valence-corrected chi connectivity index (χ4v) is 2.38. The lowest BCUT2D eigenvalue weighted by Gasteiger charge is -2.12. The number of nitrogens with one attached hydrogen (secondary N) is 1. The minimum Gasteiger partial charge on any atom is -0.370 e. The summed E-state index contributed by atoms with van der Waals surface area (Å²) >= 11 is 0. The van der Waals surface area contributed by atoms with Gasteiger partial charge in [0.1, 0.15) is 5.82 Å². The average molecular weight is 296 g/mol. The van der Waals surface area contributed by atoms with Crippen LogP contribution in [0, 0.1) is 13.8 Å². The van der Waals surface area contributed by atoms with E-state index < -0.39 is 0 Å². The molecule has 0 saturated heterocycles. The number of rotatable bonds is 5. The third-order valence-electron chi connectivity index (χ3n) is 3.73. The van der Waals surface area contributed by atoms with Crippen molar-refractivity contribution in [3.05, 3.63) is 41.9 Å². The molecule has 0 aromatic carbocycles. The van der Waals surface area contributed by atoms with Crippen LogP contribution in [0.15, 0.2) is 30.6 Å². The molecule has 0 aliphatic heterocycles. The zero-order valence-electron chi connectivity index (χ0n) is 12.9. The molecule has 0 atom stereocenters. The lowest BCUT2D eigenvalue weighted by Crippen LogP contribution is -2.13. The van der Waals surface area contributed by atoms with Gasteiger partial charge < -0.3 is 11.1 Å². The van der Waals surface area contributed by atoms with Gasteiger partial charge in [-0.3, -0.25) is 4.98 Å². The zero-order chi connectivity index (χ0) is 15.5. The van der Waals surface area contributed by atoms with E-state index in [1.54, 1.807) is 12.4 Å². The van der Waals surface area contributed by atoms with Gasteiger partial charge in [-0.15, -0.1) is 0 Å². The van der Waals surface area contributed by atoms with Crippen molar-refractivity contribution in [3.8, 4) is 11.3 Å². The number of nitrogens with zero attached hydrogens (tertiary/aromatic N) is 4. The second-order valence-electron chi connectivity index (χ2n) is 5.28. The fraction of sp³-hybridized carbons (Fsp3) is 0.312. The highest BCUT2D eigenvalue weighted by Gasteiger charge is 2.13. The molecule has 0 unspecified atom stereocenters. The SMILES string of the molecule is Cc1nc2cc(-c3ccncc3)nn2c(NCCCN)c1C. The molecule has 0 bridgehead atoms. The van der Waals surface area contributed by atoms with Crippen molar-refractivity contribution in [2.75, 3.05) is 18.4 Å². The van der Waals surface area contributed by atoms with Gasteiger partial charge in [0.05, 0.1) is 5.69 Å². The number of anilines is 1. The maximum Gasteiger partial charge on any atom is 0.158 e. The second kappa shape index (κ2) is 6.11. The normalized spacial score (nSPS) is 11.0. The first-order valence-corrected chi connectivity index (χ1v) is 7.42. The van der Waals surface area contributed by atoms with Gasteiger partial charge in [0.2, 0.25) is 0 Å². The van der Waals surface area contributed by atoms with Crippen molar-refractivity contribution < 1.29 is 0 Å². The third kappa shape index (κ3) is 2.65. The molecule has 0 spiro atoms. The molecule has 0 aliphatic carbocycles. The Hall–Kier alpha value is -2.47. The molecule has 3 aromatic heterocycles. The molecule has 114 valence electrons.